The van der Waals surface area contributed by atoms with Gasteiger partial charge in [0.1, 0.15) is 11.1 Å². The van der Waals surface area contributed by atoms with Crippen LogP contribution in [0.5, 0.6) is 5.88 Å². The highest BCUT2D eigenvalue weighted by molar-refractivity contribution is 6.32. The van der Waals surface area contributed by atoms with Crippen LogP contribution in [0.15, 0.2) is 42.6 Å². The predicted molar refractivity (Wildman–Crippen MR) is 87.8 cm³/mol. The summed E-state index contributed by atoms with van der Waals surface area (Å²) in [5, 5.41) is 0.276. The fraction of sp³-hybridized carbons (Fsp3) is 0.294. The molecular formula is C17H17ClN2O4. The minimum atomic E-state index is -0.420. The number of nitrogens with one attached hydrogen (secondary N) is 1. The lowest BCUT2D eigenvalue weighted by molar-refractivity contribution is 0.0233. The highest BCUT2D eigenvalue weighted by Gasteiger charge is 2.20. The summed E-state index contributed by atoms with van der Waals surface area (Å²) in [6, 6.07) is 11.0. The maximum absolute atomic E-state index is 12.0. The summed E-state index contributed by atoms with van der Waals surface area (Å²) in [7, 11) is 0. The largest absolute Gasteiger partial charge is 0.471 e. The first-order valence-electron chi connectivity index (χ1n) is 7.58. The van der Waals surface area contributed by atoms with Gasteiger partial charge in [-0.15, -0.1) is 0 Å². The first kappa shape index (κ1) is 16.7. The fourth-order valence-corrected chi connectivity index (χ4v) is 2.43. The van der Waals surface area contributed by atoms with Crippen LogP contribution in [0.25, 0.3) is 0 Å². The molecule has 7 heteroatoms. The molecule has 1 aliphatic rings. The third kappa shape index (κ3) is 4.44. The highest BCUT2D eigenvalue weighted by atomic mass is 35.5. The topological polar surface area (TPSA) is 69.7 Å². The predicted octanol–water partition coefficient (Wildman–Crippen LogP) is 2.76. The lowest BCUT2D eigenvalue weighted by Gasteiger charge is -2.12. The molecule has 0 bridgehead atoms. The third-order valence-corrected chi connectivity index (χ3v) is 3.75. The Kier molecular flexibility index (Phi) is 5.63. The van der Waals surface area contributed by atoms with Gasteiger partial charge < -0.3 is 9.47 Å². The first-order chi connectivity index (χ1) is 11.7. The van der Waals surface area contributed by atoms with E-state index < -0.39 is 5.91 Å². The van der Waals surface area contributed by atoms with E-state index in [2.05, 4.69) is 10.5 Å². The molecule has 6 nitrogen and oxygen atoms in total. The summed E-state index contributed by atoms with van der Waals surface area (Å²) in [6.45, 7) is 1.46. The average molecular weight is 349 g/mol. The second kappa shape index (κ2) is 8.10. The Hall–Kier alpha value is -2.15. The molecule has 1 N–H and O–H groups in total. The van der Waals surface area contributed by atoms with E-state index in [1.54, 1.807) is 0 Å². The van der Waals surface area contributed by atoms with Crippen LogP contribution in [0.3, 0.4) is 0 Å². The Morgan fingerprint density at radius 2 is 2.21 bits per heavy atom. The van der Waals surface area contributed by atoms with Crippen molar-refractivity contribution in [1.29, 1.82) is 0 Å². The van der Waals surface area contributed by atoms with Crippen molar-refractivity contribution in [3.05, 3.63) is 58.7 Å². The number of ether oxygens (including phenoxy) is 2. The molecule has 0 aliphatic carbocycles. The number of carbonyl (C=O) groups excluding carboxylic acids is 1. The van der Waals surface area contributed by atoms with E-state index in [-0.39, 0.29) is 17.7 Å². The molecular weight excluding hydrogens is 332 g/mol. The van der Waals surface area contributed by atoms with Gasteiger partial charge >= 0.3 is 0 Å². The Morgan fingerprint density at radius 1 is 1.38 bits per heavy atom. The molecule has 1 fully saturated rings. The van der Waals surface area contributed by atoms with E-state index >= 15 is 0 Å². The first-order valence-corrected chi connectivity index (χ1v) is 7.96. The van der Waals surface area contributed by atoms with Crippen LogP contribution < -0.4 is 10.2 Å². The molecule has 2 aromatic rings. The lowest BCUT2D eigenvalue weighted by Crippen LogP contribution is -2.24. The number of hydrogen-bond acceptors (Lipinski definition) is 5. The minimum Gasteiger partial charge on any atom is -0.471 e. The van der Waals surface area contributed by atoms with Crippen LogP contribution in [-0.4, -0.2) is 30.2 Å². The zero-order valence-corrected chi connectivity index (χ0v) is 13.7. The lowest BCUT2D eigenvalue weighted by atomic mass is 10.2. The van der Waals surface area contributed by atoms with Gasteiger partial charge in [0.15, 0.2) is 0 Å². The molecule has 1 aromatic carbocycles. The summed E-state index contributed by atoms with van der Waals surface area (Å²) in [5.41, 5.74) is 3.62. The Balaban J connectivity index is 1.53. The second-order valence-corrected chi connectivity index (χ2v) is 5.73. The van der Waals surface area contributed by atoms with E-state index in [9.17, 15) is 4.79 Å². The zero-order valence-electron chi connectivity index (χ0n) is 12.9. The van der Waals surface area contributed by atoms with Crippen molar-refractivity contribution in [2.24, 2.45) is 0 Å². The molecule has 24 heavy (non-hydrogen) atoms. The van der Waals surface area contributed by atoms with E-state index in [0.717, 1.165) is 12.0 Å². The number of rotatable bonds is 6. The maximum Gasteiger partial charge on any atom is 0.276 e. The van der Waals surface area contributed by atoms with Gasteiger partial charge in [0, 0.05) is 12.6 Å². The van der Waals surface area contributed by atoms with E-state index in [0.29, 0.717) is 24.7 Å². The molecule has 1 unspecified atom stereocenters. The number of halogens is 1. The maximum atomic E-state index is 12.0. The van der Waals surface area contributed by atoms with Gasteiger partial charge in [0.25, 0.3) is 5.91 Å². The number of carbonyl (C=O) groups is 1. The van der Waals surface area contributed by atoms with Crippen molar-refractivity contribution in [1.82, 2.24) is 10.5 Å². The minimum absolute atomic E-state index is 0.0520. The van der Waals surface area contributed by atoms with Crippen molar-refractivity contribution < 1.29 is 19.1 Å². The average Bonchev–Trinajstić information content (AvgIpc) is 3.10. The molecule has 2 heterocycles. The molecule has 1 aliphatic heterocycles. The normalized spacial score (nSPS) is 16.8. The van der Waals surface area contributed by atoms with Gasteiger partial charge in [-0.05, 0) is 11.6 Å². The SMILES string of the molecule is O=C(NOCc1ccccc1)c1cnc(OC2CCOC2)c(Cl)c1. The van der Waals surface area contributed by atoms with Crippen LogP contribution in [0, 0.1) is 0 Å². The molecule has 1 atom stereocenters. The standard InChI is InChI=1S/C17H17ClN2O4/c18-15-8-13(9-19-17(15)24-14-6-7-22-11-14)16(21)20-23-10-12-4-2-1-3-5-12/h1-5,8-9,14H,6-7,10-11H2,(H,20,21). The highest BCUT2D eigenvalue weighted by Crippen LogP contribution is 2.25. The molecule has 126 valence electrons. The molecule has 3 rings (SSSR count). The number of aromatic nitrogens is 1. The van der Waals surface area contributed by atoms with Crippen LogP contribution in [0.4, 0.5) is 0 Å². The Labute approximate surface area is 144 Å². The van der Waals surface area contributed by atoms with Crippen molar-refractivity contribution in [2.75, 3.05) is 13.2 Å². The van der Waals surface area contributed by atoms with E-state index in [1.807, 2.05) is 30.3 Å². The zero-order chi connectivity index (χ0) is 16.8. The molecule has 1 saturated heterocycles. The van der Waals surface area contributed by atoms with Crippen molar-refractivity contribution in [2.45, 2.75) is 19.1 Å². The number of nitrogens with zero attached hydrogens (tertiary/aromatic N) is 1. The summed E-state index contributed by atoms with van der Waals surface area (Å²) < 4.78 is 10.9. The Bertz CT molecular complexity index is 690. The van der Waals surface area contributed by atoms with Crippen LogP contribution in [-0.2, 0) is 16.2 Å². The number of amides is 1. The van der Waals surface area contributed by atoms with E-state index in [1.165, 1.54) is 12.3 Å². The summed E-state index contributed by atoms with van der Waals surface area (Å²) in [4.78, 5) is 21.3. The molecule has 1 aromatic heterocycles. The van der Waals surface area contributed by atoms with Gasteiger partial charge in [0.05, 0.1) is 25.4 Å². The van der Waals surface area contributed by atoms with Crippen LogP contribution in [0.1, 0.15) is 22.3 Å². The Morgan fingerprint density at radius 3 is 2.92 bits per heavy atom. The number of pyridine rings is 1. The summed E-state index contributed by atoms with van der Waals surface area (Å²) >= 11 is 6.13. The fourth-order valence-electron chi connectivity index (χ4n) is 2.22. The van der Waals surface area contributed by atoms with E-state index in [4.69, 9.17) is 25.9 Å². The number of hydroxylamine groups is 1. The van der Waals surface area contributed by atoms with Crippen molar-refractivity contribution >= 4 is 17.5 Å². The van der Waals surface area contributed by atoms with Crippen LogP contribution in [0.2, 0.25) is 5.02 Å². The van der Waals surface area contributed by atoms with Gasteiger partial charge in [-0.3, -0.25) is 9.63 Å². The molecule has 1 amide bonds. The number of benzene rings is 1. The van der Waals surface area contributed by atoms with Gasteiger partial charge in [0.2, 0.25) is 5.88 Å². The molecule has 0 saturated carbocycles. The molecule has 0 spiro atoms. The summed E-state index contributed by atoms with van der Waals surface area (Å²) in [5.74, 6) is -0.120. The van der Waals surface area contributed by atoms with Crippen molar-refractivity contribution in [3.63, 3.8) is 0 Å². The van der Waals surface area contributed by atoms with Crippen molar-refractivity contribution in [3.8, 4) is 5.88 Å². The van der Waals surface area contributed by atoms with Gasteiger partial charge in [-0.2, -0.15) is 0 Å². The van der Waals surface area contributed by atoms with Gasteiger partial charge in [-0.1, -0.05) is 41.9 Å². The van der Waals surface area contributed by atoms with Gasteiger partial charge in [-0.25, -0.2) is 10.5 Å². The van der Waals surface area contributed by atoms with Crippen LogP contribution >= 0.6 is 11.6 Å². The smallest absolute Gasteiger partial charge is 0.276 e. The second-order valence-electron chi connectivity index (χ2n) is 5.32. The summed E-state index contributed by atoms with van der Waals surface area (Å²) in [6.07, 6.45) is 2.15. The quantitative estimate of drug-likeness (QED) is 0.813. The monoisotopic (exact) mass is 348 g/mol. The third-order valence-electron chi connectivity index (χ3n) is 3.48. The molecule has 0 radical (unpaired) electrons. The number of hydrogen-bond donors (Lipinski definition) is 1.